The highest BCUT2D eigenvalue weighted by Gasteiger charge is 2.29. The minimum atomic E-state index is 0.590. The molecule has 7 heteroatoms. The molecule has 0 bridgehead atoms. The second-order valence-electron chi connectivity index (χ2n) is 5.19. The van der Waals surface area contributed by atoms with Gasteiger partial charge in [-0.25, -0.2) is 15.0 Å². The van der Waals surface area contributed by atoms with Gasteiger partial charge >= 0.3 is 0 Å². The van der Waals surface area contributed by atoms with Crippen LogP contribution in [0.15, 0.2) is 10.7 Å². The van der Waals surface area contributed by atoms with Crippen molar-refractivity contribution in [2.24, 2.45) is 0 Å². The lowest BCUT2D eigenvalue weighted by Crippen LogP contribution is -2.30. The zero-order chi connectivity index (χ0) is 14.8. The monoisotopic (exact) mass is 340 g/mol. The first kappa shape index (κ1) is 15.4. The maximum atomic E-state index is 4.54. The minimum Gasteiger partial charge on any atom is -0.355 e. The van der Waals surface area contributed by atoms with E-state index in [-0.39, 0.29) is 0 Å². The van der Waals surface area contributed by atoms with Gasteiger partial charge in [-0.15, -0.1) is 11.3 Å². The zero-order valence-corrected chi connectivity index (χ0v) is 15.0. The molecule has 4 nitrogen and oxygen atoms in total. The number of nitrogens with zero attached hydrogens (tertiary/aromatic N) is 4. The molecule has 114 valence electrons. The molecule has 21 heavy (non-hydrogen) atoms. The van der Waals surface area contributed by atoms with Gasteiger partial charge in [0.15, 0.2) is 15.8 Å². The molecule has 2 heterocycles. The van der Waals surface area contributed by atoms with Gasteiger partial charge in [0.25, 0.3) is 0 Å². The Morgan fingerprint density at radius 2 is 2.24 bits per heavy atom. The Morgan fingerprint density at radius 1 is 1.38 bits per heavy atom. The molecule has 0 aliphatic heterocycles. The first-order valence-electron chi connectivity index (χ1n) is 7.22. The Kier molecular flexibility index (Phi) is 4.91. The van der Waals surface area contributed by atoms with E-state index in [1.807, 2.05) is 0 Å². The van der Waals surface area contributed by atoms with E-state index in [0.29, 0.717) is 6.04 Å². The number of hydrogen-bond acceptors (Lipinski definition) is 7. The van der Waals surface area contributed by atoms with E-state index in [9.17, 15) is 0 Å². The summed E-state index contributed by atoms with van der Waals surface area (Å²) in [7, 11) is 2.17. The molecule has 1 fully saturated rings. The first-order chi connectivity index (χ1) is 10.2. The molecule has 0 aromatic carbocycles. The third-order valence-corrected chi connectivity index (χ3v) is 7.23. The Morgan fingerprint density at radius 3 is 3.00 bits per heavy atom. The smallest absolute Gasteiger partial charge is 0.176 e. The quantitative estimate of drug-likeness (QED) is 0.769. The van der Waals surface area contributed by atoms with E-state index in [1.54, 1.807) is 29.4 Å². The minimum absolute atomic E-state index is 0.590. The zero-order valence-electron chi connectivity index (χ0n) is 12.6. The first-order valence-corrected chi connectivity index (χ1v) is 10.3. The lowest BCUT2D eigenvalue weighted by Gasteiger charge is -2.25. The van der Waals surface area contributed by atoms with Gasteiger partial charge in [-0.1, -0.05) is 18.7 Å². The number of aromatic nitrogens is 3. The predicted molar refractivity (Wildman–Crippen MR) is 95.0 cm³/mol. The Hall–Kier alpha value is -0.530. The molecule has 0 saturated heterocycles. The van der Waals surface area contributed by atoms with Crippen molar-refractivity contribution < 1.29 is 0 Å². The summed E-state index contributed by atoms with van der Waals surface area (Å²) in [6, 6.07) is 0.590. The number of thioether (sulfide) groups is 2. The van der Waals surface area contributed by atoms with Gasteiger partial charge in [0.1, 0.15) is 11.0 Å². The van der Waals surface area contributed by atoms with Crippen LogP contribution in [0.4, 0.5) is 5.82 Å². The second-order valence-corrected chi connectivity index (χ2v) is 8.82. The van der Waals surface area contributed by atoms with Crippen molar-refractivity contribution in [3.05, 3.63) is 6.33 Å². The number of fused-ring (bicyclic) bond motifs is 1. The van der Waals surface area contributed by atoms with Gasteiger partial charge in [-0.05, 0) is 31.3 Å². The van der Waals surface area contributed by atoms with E-state index in [4.69, 9.17) is 0 Å². The molecule has 1 aliphatic carbocycles. The van der Waals surface area contributed by atoms with Crippen LogP contribution in [0, 0.1) is 0 Å². The highest BCUT2D eigenvalue weighted by atomic mass is 32.2. The third-order valence-electron chi connectivity index (χ3n) is 3.97. The third kappa shape index (κ3) is 3.14. The summed E-state index contributed by atoms with van der Waals surface area (Å²) in [5, 5.41) is 0.808. The molecule has 0 spiro atoms. The van der Waals surface area contributed by atoms with E-state index < -0.39 is 0 Å². The van der Waals surface area contributed by atoms with E-state index in [0.717, 1.165) is 25.8 Å². The van der Waals surface area contributed by atoms with Crippen LogP contribution in [0.3, 0.4) is 0 Å². The normalized spacial score (nSPS) is 22.0. The number of thiazole rings is 1. The fraction of sp³-hybridized carbons (Fsp3) is 0.643. The lowest BCUT2D eigenvalue weighted by molar-refractivity contribution is 0.649. The van der Waals surface area contributed by atoms with Crippen LogP contribution in [-0.2, 0) is 0 Å². The van der Waals surface area contributed by atoms with E-state index in [2.05, 4.69) is 51.8 Å². The van der Waals surface area contributed by atoms with Gasteiger partial charge in [0, 0.05) is 18.3 Å². The number of anilines is 1. The molecule has 1 saturated carbocycles. The van der Waals surface area contributed by atoms with Gasteiger partial charge in [0.2, 0.25) is 0 Å². The van der Waals surface area contributed by atoms with Crippen LogP contribution >= 0.6 is 34.9 Å². The molecular formula is C14H20N4S3. The second kappa shape index (κ2) is 6.71. The summed E-state index contributed by atoms with van der Waals surface area (Å²) >= 11 is 5.47. The van der Waals surface area contributed by atoms with Crippen LogP contribution in [0.5, 0.6) is 0 Å². The lowest BCUT2D eigenvalue weighted by atomic mass is 10.2. The van der Waals surface area contributed by atoms with Crippen molar-refractivity contribution >= 4 is 51.0 Å². The topological polar surface area (TPSA) is 41.9 Å². The Bertz CT molecular complexity index is 615. The molecule has 3 rings (SSSR count). The highest BCUT2D eigenvalue weighted by molar-refractivity contribution is 8.00. The van der Waals surface area contributed by atoms with Crippen molar-refractivity contribution in [2.75, 3.05) is 24.0 Å². The standard InChI is InChI=1S/C14H20N4S3/c1-4-20-10-6-5-9(7-10)18(2)13-11-12(15-8-16-13)17-14(19-3)21-11/h8-10H,4-7H2,1-3H3. The van der Waals surface area contributed by atoms with Crippen molar-refractivity contribution in [3.63, 3.8) is 0 Å². The summed E-state index contributed by atoms with van der Waals surface area (Å²) < 4.78 is 2.18. The van der Waals surface area contributed by atoms with Crippen LogP contribution in [-0.4, -0.2) is 45.3 Å². The SMILES string of the molecule is CCSC1CCC(N(C)c2ncnc3nc(SC)sc23)C1. The average Bonchev–Trinajstić information content (AvgIpc) is 3.12. The summed E-state index contributed by atoms with van der Waals surface area (Å²) in [4.78, 5) is 15.7. The molecule has 2 atom stereocenters. The number of hydrogen-bond donors (Lipinski definition) is 0. The fourth-order valence-corrected chi connectivity index (χ4v) is 5.57. The molecule has 0 N–H and O–H groups in total. The summed E-state index contributed by atoms with van der Waals surface area (Å²) in [6.07, 6.45) is 7.53. The van der Waals surface area contributed by atoms with Crippen molar-refractivity contribution in [1.29, 1.82) is 0 Å². The Labute approximate surface area is 138 Å². The van der Waals surface area contributed by atoms with E-state index in [1.165, 1.54) is 25.0 Å². The van der Waals surface area contributed by atoms with Gasteiger partial charge in [0.05, 0.1) is 0 Å². The molecule has 2 aromatic rings. The van der Waals surface area contributed by atoms with E-state index >= 15 is 0 Å². The summed E-state index contributed by atoms with van der Waals surface area (Å²) in [5.41, 5.74) is 0.832. The molecule has 0 amide bonds. The summed E-state index contributed by atoms with van der Waals surface area (Å²) in [6.45, 7) is 2.25. The van der Waals surface area contributed by atoms with Crippen molar-refractivity contribution in [1.82, 2.24) is 15.0 Å². The summed E-state index contributed by atoms with van der Waals surface area (Å²) in [5.74, 6) is 2.26. The van der Waals surface area contributed by atoms with Crippen LogP contribution in [0.2, 0.25) is 0 Å². The Balaban J connectivity index is 1.84. The molecular weight excluding hydrogens is 320 g/mol. The van der Waals surface area contributed by atoms with Gasteiger partial charge in [-0.3, -0.25) is 0 Å². The largest absolute Gasteiger partial charge is 0.355 e. The van der Waals surface area contributed by atoms with Gasteiger partial charge in [-0.2, -0.15) is 11.8 Å². The highest BCUT2D eigenvalue weighted by Crippen LogP contribution is 2.37. The predicted octanol–water partition coefficient (Wildman–Crippen LogP) is 3.92. The average molecular weight is 341 g/mol. The fourth-order valence-electron chi connectivity index (χ4n) is 2.89. The molecule has 1 aliphatic rings. The molecule has 2 unspecified atom stereocenters. The van der Waals surface area contributed by atoms with Crippen LogP contribution in [0.25, 0.3) is 10.3 Å². The van der Waals surface area contributed by atoms with Gasteiger partial charge < -0.3 is 4.90 Å². The van der Waals surface area contributed by atoms with Crippen molar-refractivity contribution in [2.45, 2.75) is 41.8 Å². The van der Waals surface area contributed by atoms with Crippen molar-refractivity contribution in [3.8, 4) is 0 Å². The van der Waals surface area contributed by atoms with Crippen LogP contribution in [0.1, 0.15) is 26.2 Å². The number of rotatable bonds is 5. The molecule has 2 aromatic heterocycles. The maximum absolute atomic E-state index is 4.54. The maximum Gasteiger partial charge on any atom is 0.176 e. The van der Waals surface area contributed by atoms with Crippen LogP contribution < -0.4 is 4.90 Å². The molecule has 0 radical (unpaired) electrons.